The Balaban J connectivity index is 1.72. The molecule has 1 fully saturated rings. The third-order valence-electron chi connectivity index (χ3n) is 5.54. The van der Waals surface area contributed by atoms with Crippen molar-refractivity contribution in [2.45, 2.75) is 0 Å². The second kappa shape index (κ2) is 8.69. The molecule has 0 unspecified atom stereocenters. The fourth-order valence-corrected chi connectivity index (χ4v) is 4.00. The summed E-state index contributed by atoms with van der Waals surface area (Å²) in [5.74, 6) is -0.0598. The van der Waals surface area contributed by atoms with Crippen LogP contribution < -0.4 is 9.64 Å². The van der Waals surface area contributed by atoms with Crippen molar-refractivity contribution < 1.29 is 19.4 Å². The molecule has 7 heteroatoms. The minimum Gasteiger partial charge on any atom is -0.497 e. The van der Waals surface area contributed by atoms with Gasteiger partial charge in [-0.05, 0) is 17.7 Å². The highest BCUT2D eigenvalue weighted by Crippen LogP contribution is 2.36. The van der Waals surface area contributed by atoms with Gasteiger partial charge >= 0.3 is 0 Å². The van der Waals surface area contributed by atoms with E-state index in [1.165, 1.54) is 4.90 Å². The largest absolute Gasteiger partial charge is 0.497 e. The number of aliphatic hydroxyl groups excluding tert-OH is 1. The summed E-state index contributed by atoms with van der Waals surface area (Å²) in [5.41, 5.74) is 2.09. The zero-order chi connectivity index (χ0) is 21.1. The first kappa shape index (κ1) is 20.1. The molecule has 7 nitrogen and oxygen atoms in total. The molecule has 0 bridgehead atoms. The van der Waals surface area contributed by atoms with Crippen molar-refractivity contribution in [2.75, 3.05) is 51.3 Å². The van der Waals surface area contributed by atoms with Crippen LogP contribution in [0.25, 0.3) is 5.57 Å². The van der Waals surface area contributed by atoms with E-state index in [0.717, 1.165) is 18.7 Å². The van der Waals surface area contributed by atoms with Crippen LogP contribution in [0.5, 0.6) is 5.75 Å². The van der Waals surface area contributed by atoms with Gasteiger partial charge in [-0.25, -0.2) is 4.90 Å². The normalized spacial score (nSPS) is 17.8. The van der Waals surface area contributed by atoms with Crippen LogP contribution in [0.2, 0.25) is 0 Å². The monoisotopic (exact) mass is 407 g/mol. The van der Waals surface area contributed by atoms with Gasteiger partial charge in [0.25, 0.3) is 11.8 Å². The molecule has 2 aliphatic rings. The summed E-state index contributed by atoms with van der Waals surface area (Å²) in [7, 11) is 1.55. The van der Waals surface area contributed by atoms with Crippen molar-refractivity contribution in [2.24, 2.45) is 0 Å². The molecule has 2 heterocycles. The van der Waals surface area contributed by atoms with E-state index in [9.17, 15) is 14.7 Å². The molecule has 2 aromatic rings. The highest BCUT2D eigenvalue weighted by molar-refractivity contribution is 6.45. The van der Waals surface area contributed by atoms with Gasteiger partial charge in [0.2, 0.25) is 0 Å². The Morgan fingerprint density at radius 1 is 0.933 bits per heavy atom. The minimum absolute atomic E-state index is 0.110. The number of methoxy groups -OCH3 is 1. The van der Waals surface area contributed by atoms with Crippen LogP contribution in [0.3, 0.4) is 0 Å². The molecule has 2 aromatic carbocycles. The van der Waals surface area contributed by atoms with E-state index in [1.807, 2.05) is 35.2 Å². The lowest BCUT2D eigenvalue weighted by Crippen LogP contribution is -2.48. The van der Waals surface area contributed by atoms with Crippen molar-refractivity contribution in [3.8, 4) is 5.75 Å². The summed E-state index contributed by atoms with van der Waals surface area (Å²) in [6.45, 7) is 3.42. The fourth-order valence-electron chi connectivity index (χ4n) is 4.00. The molecule has 0 atom stereocenters. The van der Waals surface area contributed by atoms with Crippen LogP contribution in [-0.2, 0) is 9.59 Å². The maximum absolute atomic E-state index is 13.5. The average Bonchev–Trinajstić information content (AvgIpc) is 3.05. The van der Waals surface area contributed by atoms with Gasteiger partial charge in [-0.2, -0.15) is 0 Å². The Labute approximate surface area is 175 Å². The molecular formula is C23H25N3O4. The first-order valence-electron chi connectivity index (χ1n) is 10.0. The second-order valence-corrected chi connectivity index (χ2v) is 7.29. The number of ether oxygens (including phenoxy) is 1. The van der Waals surface area contributed by atoms with Gasteiger partial charge in [0.15, 0.2) is 0 Å². The van der Waals surface area contributed by atoms with Crippen molar-refractivity contribution >= 4 is 23.1 Å². The fraction of sp³-hybridized carbons (Fsp3) is 0.304. The SMILES string of the molecule is COc1cccc(N2C(=O)C(c3ccccc3)=C(N3CCN(CCO)CC3)C2=O)c1. The van der Waals surface area contributed by atoms with Gasteiger partial charge in [-0.1, -0.05) is 36.4 Å². The van der Waals surface area contributed by atoms with Crippen LogP contribution >= 0.6 is 0 Å². The number of benzene rings is 2. The molecule has 4 rings (SSSR count). The molecule has 0 radical (unpaired) electrons. The van der Waals surface area contributed by atoms with E-state index in [0.29, 0.717) is 42.3 Å². The van der Waals surface area contributed by atoms with Crippen LogP contribution in [0.4, 0.5) is 5.69 Å². The quantitative estimate of drug-likeness (QED) is 0.734. The van der Waals surface area contributed by atoms with Crippen LogP contribution in [0.1, 0.15) is 5.56 Å². The van der Waals surface area contributed by atoms with Crippen LogP contribution in [-0.4, -0.2) is 73.2 Å². The lowest BCUT2D eigenvalue weighted by molar-refractivity contribution is -0.120. The predicted molar refractivity (Wildman–Crippen MR) is 114 cm³/mol. The third kappa shape index (κ3) is 3.69. The maximum atomic E-state index is 13.5. The standard InChI is InChI=1S/C23H25N3O4/c1-30-19-9-5-8-18(16-19)26-22(28)20(17-6-3-2-4-7-17)21(23(26)29)25-12-10-24(11-13-25)14-15-27/h2-9,16,27H,10-15H2,1H3. The number of β-amino-alcohol motifs (C(OH)–C–C–N with tert-alkyl or cyclic N) is 1. The Hall–Kier alpha value is -3.16. The zero-order valence-corrected chi connectivity index (χ0v) is 17.0. The highest BCUT2D eigenvalue weighted by atomic mass is 16.5. The zero-order valence-electron chi connectivity index (χ0n) is 17.0. The molecular weight excluding hydrogens is 382 g/mol. The molecule has 1 saturated heterocycles. The molecule has 0 aromatic heterocycles. The number of hydrogen-bond donors (Lipinski definition) is 1. The summed E-state index contributed by atoms with van der Waals surface area (Å²) in [5, 5.41) is 9.19. The van der Waals surface area contributed by atoms with E-state index in [4.69, 9.17) is 4.74 Å². The number of rotatable bonds is 6. The predicted octanol–water partition coefficient (Wildman–Crippen LogP) is 1.59. The third-order valence-corrected chi connectivity index (χ3v) is 5.54. The number of carbonyl (C=O) groups excluding carboxylic acids is 2. The number of amides is 2. The summed E-state index contributed by atoms with van der Waals surface area (Å²) in [6.07, 6.45) is 0. The molecule has 0 saturated carbocycles. The lowest BCUT2D eigenvalue weighted by Gasteiger charge is -2.36. The molecule has 2 amide bonds. The summed E-state index contributed by atoms with van der Waals surface area (Å²) in [6, 6.07) is 16.3. The van der Waals surface area contributed by atoms with Gasteiger partial charge in [0, 0.05) is 38.8 Å². The number of anilines is 1. The van der Waals surface area contributed by atoms with Gasteiger partial charge in [0.05, 0.1) is 25.0 Å². The molecule has 2 aliphatic heterocycles. The summed E-state index contributed by atoms with van der Waals surface area (Å²) >= 11 is 0. The van der Waals surface area contributed by atoms with Gasteiger partial charge in [-0.15, -0.1) is 0 Å². The van der Waals surface area contributed by atoms with Crippen molar-refractivity contribution in [1.29, 1.82) is 0 Å². The Morgan fingerprint density at radius 2 is 1.67 bits per heavy atom. The summed E-state index contributed by atoms with van der Waals surface area (Å²) < 4.78 is 5.28. The molecule has 30 heavy (non-hydrogen) atoms. The van der Waals surface area contributed by atoms with Crippen LogP contribution in [0, 0.1) is 0 Å². The number of hydrogen-bond acceptors (Lipinski definition) is 6. The topological polar surface area (TPSA) is 73.3 Å². The van der Waals surface area contributed by atoms with Crippen LogP contribution in [0.15, 0.2) is 60.3 Å². The molecule has 0 aliphatic carbocycles. The van der Waals surface area contributed by atoms with E-state index >= 15 is 0 Å². The highest BCUT2D eigenvalue weighted by Gasteiger charge is 2.43. The first-order valence-corrected chi connectivity index (χ1v) is 10.0. The van der Waals surface area contributed by atoms with Gasteiger partial charge in [0.1, 0.15) is 11.4 Å². The number of carbonyl (C=O) groups is 2. The Bertz CT molecular complexity index is 965. The van der Waals surface area contributed by atoms with Gasteiger partial charge in [-0.3, -0.25) is 14.5 Å². The van der Waals surface area contributed by atoms with E-state index < -0.39 is 0 Å². The minimum atomic E-state index is -0.327. The Kier molecular flexibility index (Phi) is 5.83. The van der Waals surface area contributed by atoms with Crippen molar-refractivity contribution in [3.05, 3.63) is 65.9 Å². The van der Waals surface area contributed by atoms with Gasteiger partial charge < -0.3 is 14.7 Å². The summed E-state index contributed by atoms with van der Waals surface area (Å²) in [4.78, 5) is 32.4. The van der Waals surface area contributed by atoms with Crippen molar-refractivity contribution in [1.82, 2.24) is 9.80 Å². The number of imide groups is 1. The molecule has 0 spiro atoms. The number of nitrogens with zero attached hydrogens (tertiary/aromatic N) is 3. The maximum Gasteiger partial charge on any atom is 0.282 e. The van der Waals surface area contributed by atoms with Crippen molar-refractivity contribution in [3.63, 3.8) is 0 Å². The average molecular weight is 407 g/mol. The number of aliphatic hydroxyl groups is 1. The second-order valence-electron chi connectivity index (χ2n) is 7.29. The Morgan fingerprint density at radius 3 is 2.33 bits per heavy atom. The molecule has 1 N–H and O–H groups in total. The smallest absolute Gasteiger partial charge is 0.282 e. The van der Waals surface area contributed by atoms with E-state index in [1.54, 1.807) is 31.4 Å². The van der Waals surface area contributed by atoms with E-state index in [-0.39, 0.29) is 18.4 Å². The molecule has 156 valence electrons. The lowest BCUT2D eigenvalue weighted by atomic mass is 10.0. The van der Waals surface area contributed by atoms with E-state index in [2.05, 4.69) is 4.90 Å². The first-order chi connectivity index (χ1) is 14.6. The number of piperazine rings is 1.